The Morgan fingerprint density at radius 1 is 1.00 bits per heavy atom. The molecule has 0 radical (unpaired) electrons. The van der Waals surface area contributed by atoms with Crippen LogP contribution in [0.25, 0.3) is 16.8 Å². The number of rotatable bonds is 2. The molecular formula is C17H9ClF3N3. The molecule has 0 aliphatic carbocycles. The van der Waals surface area contributed by atoms with Crippen molar-refractivity contribution in [2.24, 2.45) is 0 Å². The molecule has 120 valence electrons. The molecule has 0 aliphatic rings. The molecule has 1 aromatic heterocycles. The van der Waals surface area contributed by atoms with Crippen LogP contribution < -0.4 is 0 Å². The molecule has 0 N–H and O–H groups in total. The van der Waals surface area contributed by atoms with E-state index in [1.807, 2.05) is 6.07 Å². The molecule has 3 nitrogen and oxygen atoms in total. The molecule has 0 unspecified atom stereocenters. The number of alkyl halides is 3. The van der Waals surface area contributed by atoms with Crippen LogP contribution in [0.1, 0.15) is 11.4 Å². The van der Waals surface area contributed by atoms with Crippen LogP contribution in [-0.4, -0.2) is 9.78 Å². The zero-order chi connectivity index (χ0) is 17.3. The number of halogens is 4. The number of hydrogen-bond acceptors (Lipinski definition) is 2. The molecular weight excluding hydrogens is 339 g/mol. The monoisotopic (exact) mass is 347 g/mol. The standard InChI is InChI=1S/C17H9ClF3N3/c18-12-8-6-11(7-9-12)15-14(10-22)24(13-4-2-1-3-5-13)23-16(15)17(19,20)21/h1-9H. The Kier molecular flexibility index (Phi) is 4.04. The molecule has 0 saturated carbocycles. The van der Waals surface area contributed by atoms with E-state index in [2.05, 4.69) is 5.10 Å². The van der Waals surface area contributed by atoms with Crippen LogP contribution in [-0.2, 0) is 6.18 Å². The quantitative estimate of drug-likeness (QED) is 0.648. The van der Waals surface area contributed by atoms with E-state index >= 15 is 0 Å². The number of para-hydroxylation sites is 1. The van der Waals surface area contributed by atoms with Crippen molar-refractivity contribution in [2.45, 2.75) is 6.18 Å². The van der Waals surface area contributed by atoms with Gasteiger partial charge < -0.3 is 0 Å². The molecule has 7 heteroatoms. The average molecular weight is 348 g/mol. The fourth-order valence-electron chi connectivity index (χ4n) is 2.37. The Bertz CT molecular complexity index is 907. The molecule has 3 rings (SSSR count). The van der Waals surface area contributed by atoms with Crippen molar-refractivity contribution in [3.63, 3.8) is 0 Å². The summed E-state index contributed by atoms with van der Waals surface area (Å²) < 4.78 is 41.3. The Morgan fingerprint density at radius 3 is 2.17 bits per heavy atom. The van der Waals surface area contributed by atoms with Gasteiger partial charge in [0.1, 0.15) is 6.07 Å². The maximum absolute atomic E-state index is 13.4. The first-order valence-corrected chi connectivity index (χ1v) is 7.21. The van der Waals surface area contributed by atoms with Crippen LogP contribution in [0.4, 0.5) is 13.2 Å². The van der Waals surface area contributed by atoms with Crippen molar-refractivity contribution < 1.29 is 13.2 Å². The van der Waals surface area contributed by atoms with Crippen LogP contribution in [0.3, 0.4) is 0 Å². The lowest BCUT2D eigenvalue weighted by Gasteiger charge is -2.06. The predicted octanol–water partition coefficient (Wildman–Crippen LogP) is 5.08. The van der Waals surface area contributed by atoms with E-state index in [9.17, 15) is 18.4 Å². The third-order valence-electron chi connectivity index (χ3n) is 3.39. The van der Waals surface area contributed by atoms with Crippen LogP contribution in [0.5, 0.6) is 0 Å². The van der Waals surface area contributed by atoms with E-state index in [1.54, 1.807) is 30.3 Å². The summed E-state index contributed by atoms with van der Waals surface area (Å²) in [6.07, 6.45) is -4.69. The van der Waals surface area contributed by atoms with Crippen molar-refractivity contribution in [1.82, 2.24) is 9.78 Å². The summed E-state index contributed by atoms with van der Waals surface area (Å²) in [5, 5.41) is 13.5. The highest BCUT2D eigenvalue weighted by molar-refractivity contribution is 6.30. The summed E-state index contributed by atoms with van der Waals surface area (Å²) >= 11 is 5.80. The van der Waals surface area contributed by atoms with Crippen molar-refractivity contribution in [3.8, 4) is 22.9 Å². The lowest BCUT2D eigenvalue weighted by atomic mass is 10.0. The third kappa shape index (κ3) is 2.86. The molecule has 0 saturated heterocycles. The minimum absolute atomic E-state index is 0.184. The lowest BCUT2D eigenvalue weighted by molar-refractivity contribution is -0.140. The Hall–Kier alpha value is -2.78. The second kappa shape index (κ2) is 6.02. The first kappa shape index (κ1) is 16.1. The van der Waals surface area contributed by atoms with Gasteiger partial charge in [-0.3, -0.25) is 0 Å². The van der Waals surface area contributed by atoms with Crippen LogP contribution >= 0.6 is 11.6 Å². The van der Waals surface area contributed by atoms with Gasteiger partial charge in [-0.25, -0.2) is 4.68 Å². The number of benzene rings is 2. The summed E-state index contributed by atoms with van der Waals surface area (Å²) in [7, 11) is 0. The van der Waals surface area contributed by atoms with Gasteiger partial charge in [0.05, 0.1) is 11.3 Å². The molecule has 2 aromatic carbocycles. The zero-order valence-corrected chi connectivity index (χ0v) is 12.8. The van der Waals surface area contributed by atoms with Crippen molar-refractivity contribution >= 4 is 11.6 Å². The Balaban J connectivity index is 2.32. The molecule has 0 spiro atoms. The second-order valence-electron chi connectivity index (χ2n) is 4.94. The van der Waals surface area contributed by atoms with Gasteiger partial charge in [-0.1, -0.05) is 41.9 Å². The fourth-order valence-corrected chi connectivity index (χ4v) is 2.49. The number of aromatic nitrogens is 2. The zero-order valence-electron chi connectivity index (χ0n) is 12.0. The summed E-state index contributed by atoms with van der Waals surface area (Å²) in [6.45, 7) is 0. The van der Waals surface area contributed by atoms with E-state index < -0.39 is 11.9 Å². The number of hydrogen-bond donors (Lipinski definition) is 0. The highest BCUT2D eigenvalue weighted by Gasteiger charge is 2.40. The van der Waals surface area contributed by atoms with Crippen LogP contribution in [0.2, 0.25) is 5.02 Å². The van der Waals surface area contributed by atoms with E-state index in [-0.39, 0.29) is 16.8 Å². The van der Waals surface area contributed by atoms with Gasteiger partial charge in [0, 0.05) is 5.02 Å². The Morgan fingerprint density at radius 2 is 1.62 bits per heavy atom. The lowest BCUT2D eigenvalue weighted by Crippen LogP contribution is -2.08. The average Bonchev–Trinajstić information content (AvgIpc) is 2.96. The third-order valence-corrected chi connectivity index (χ3v) is 3.65. The maximum atomic E-state index is 13.4. The van der Waals surface area contributed by atoms with Crippen LogP contribution in [0, 0.1) is 11.3 Å². The topological polar surface area (TPSA) is 41.6 Å². The van der Waals surface area contributed by atoms with Crippen molar-refractivity contribution in [3.05, 3.63) is 71.0 Å². The SMILES string of the molecule is N#Cc1c(-c2ccc(Cl)cc2)c(C(F)(F)F)nn1-c1ccccc1. The minimum Gasteiger partial charge on any atom is -0.222 e. The van der Waals surface area contributed by atoms with E-state index in [0.717, 1.165) is 4.68 Å². The first-order valence-electron chi connectivity index (χ1n) is 6.83. The summed E-state index contributed by atoms with van der Waals surface area (Å²) in [5.41, 5.74) is -0.947. The fraction of sp³-hybridized carbons (Fsp3) is 0.0588. The number of nitrogens with zero attached hydrogens (tertiary/aromatic N) is 3. The van der Waals surface area contributed by atoms with Crippen LogP contribution in [0.15, 0.2) is 54.6 Å². The smallest absolute Gasteiger partial charge is 0.222 e. The largest absolute Gasteiger partial charge is 0.435 e. The molecule has 0 bridgehead atoms. The normalized spacial score (nSPS) is 11.3. The molecule has 1 heterocycles. The minimum atomic E-state index is -4.69. The molecule has 0 amide bonds. The summed E-state index contributed by atoms with van der Waals surface area (Å²) in [4.78, 5) is 0. The molecule has 0 aliphatic heterocycles. The highest BCUT2D eigenvalue weighted by atomic mass is 35.5. The van der Waals surface area contributed by atoms with Gasteiger partial charge in [-0.15, -0.1) is 0 Å². The van der Waals surface area contributed by atoms with Crippen molar-refractivity contribution in [2.75, 3.05) is 0 Å². The molecule has 24 heavy (non-hydrogen) atoms. The molecule has 3 aromatic rings. The van der Waals surface area contributed by atoms with Gasteiger partial charge >= 0.3 is 6.18 Å². The van der Waals surface area contributed by atoms with E-state index in [1.165, 1.54) is 24.3 Å². The second-order valence-corrected chi connectivity index (χ2v) is 5.37. The van der Waals surface area contributed by atoms with Gasteiger partial charge in [-0.05, 0) is 29.8 Å². The van der Waals surface area contributed by atoms with Gasteiger partial charge in [-0.2, -0.15) is 23.5 Å². The Labute approximate surface area is 140 Å². The first-order chi connectivity index (χ1) is 11.4. The maximum Gasteiger partial charge on any atom is 0.435 e. The molecule has 0 fully saturated rings. The summed E-state index contributed by atoms with van der Waals surface area (Å²) in [5.74, 6) is 0. The van der Waals surface area contributed by atoms with E-state index in [0.29, 0.717) is 10.7 Å². The predicted molar refractivity (Wildman–Crippen MR) is 83.7 cm³/mol. The van der Waals surface area contributed by atoms with Gasteiger partial charge in [0.15, 0.2) is 11.4 Å². The van der Waals surface area contributed by atoms with Crippen molar-refractivity contribution in [1.29, 1.82) is 5.26 Å². The van der Waals surface area contributed by atoms with E-state index in [4.69, 9.17) is 11.6 Å². The summed E-state index contributed by atoms with van der Waals surface area (Å²) in [6, 6.07) is 15.9. The highest BCUT2D eigenvalue weighted by Crippen LogP contribution is 2.39. The molecule has 0 atom stereocenters. The van der Waals surface area contributed by atoms with Gasteiger partial charge in [0.25, 0.3) is 0 Å². The number of nitriles is 1. The van der Waals surface area contributed by atoms with Gasteiger partial charge in [0.2, 0.25) is 0 Å².